The van der Waals surface area contributed by atoms with Crippen LogP contribution in [0.25, 0.3) is 0 Å². The molecule has 1 aromatic carbocycles. The van der Waals surface area contributed by atoms with Gasteiger partial charge >= 0.3 is 0 Å². The summed E-state index contributed by atoms with van der Waals surface area (Å²) in [6.45, 7) is 3.58. The first-order chi connectivity index (χ1) is 8.08. The lowest BCUT2D eigenvalue weighted by Gasteiger charge is -2.31. The summed E-state index contributed by atoms with van der Waals surface area (Å²) in [7, 11) is 0. The molecule has 17 heavy (non-hydrogen) atoms. The van der Waals surface area contributed by atoms with Crippen LogP contribution in [0.5, 0.6) is 0 Å². The molecule has 1 heterocycles. The van der Waals surface area contributed by atoms with Crippen LogP contribution in [0.2, 0.25) is 0 Å². The number of rotatable bonds is 3. The molecule has 2 rings (SSSR count). The van der Waals surface area contributed by atoms with Crippen LogP contribution in [-0.2, 0) is 10.3 Å². The largest absolute Gasteiger partial charge is 0.385 e. The van der Waals surface area contributed by atoms with E-state index in [1.165, 1.54) is 0 Å². The van der Waals surface area contributed by atoms with Gasteiger partial charge in [0.05, 0.1) is 5.60 Å². The summed E-state index contributed by atoms with van der Waals surface area (Å²) in [5.41, 5.74) is 0.259. The van der Waals surface area contributed by atoms with Crippen molar-refractivity contribution in [2.75, 3.05) is 13.2 Å². The van der Waals surface area contributed by atoms with E-state index in [9.17, 15) is 5.11 Å². The Bertz CT molecular complexity index is 353. The second-order valence-corrected chi connectivity index (χ2v) is 5.96. The van der Waals surface area contributed by atoms with Gasteiger partial charge in [-0.25, -0.2) is 0 Å². The number of halogens is 1. The van der Waals surface area contributed by atoms with Crippen LogP contribution in [0.4, 0.5) is 0 Å². The summed E-state index contributed by atoms with van der Waals surface area (Å²) >= 11 is 3.41. The van der Waals surface area contributed by atoms with Gasteiger partial charge in [-0.15, -0.1) is 0 Å². The van der Waals surface area contributed by atoms with E-state index in [0.29, 0.717) is 5.92 Å². The average molecular weight is 299 g/mol. The second kappa shape index (κ2) is 5.51. The van der Waals surface area contributed by atoms with Gasteiger partial charge in [0.1, 0.15) is 0 Å². The molecule has 0 spiro atoms. The fourth-order valence-electron chi connectivity index (χ4n) is 2.44. The fraction of sp³-hybridized carbons (Fsp3) is 0.571. The van der Waals surface area contributed by atoms with E-state index in [1.807, 2.05) is 31.2 Å². The van der Waals surface area contributed by atoms with Gasteiger partial charge in [0, 0.05) is 17.7 Å². The molecule has 0 saturated carbocycles. The van der Waals surface area contributed by atoms with E-state index in [-0.39, 0.29) is 0 Å². The molecule has 1 unspecified atom stereocenters. The molecule has 1 atom stereocenters. The molecule has 1 aliphatic heterocycles. The zero-order valence-electron chi connectivity index (χ0n) is 10.2. The molecule has 3 heteroatoms. The van der Waals surface area contributed by atoms with Crippen LogP contribution in [0.1, 0.15) is 31.7 Å². The zero-order valence-corrected chi connectivity index (χ0v) is 11.7. The normalized spacial score (nSPS) is 21.1. The summed E-state index contributed by atoms with van der Waals surface area (Å²) in [4.78, 5) is 0. The molecular formula is C14H19BrO2. The highest BCUT2D eigenvalue weighted by Crippen LogP contribution is 2.32. The first-order valence-electron chi connectivity index (χ1n) is 6.14. The van der Waals surface area contributed by atoms with Gasteiger partial charge in [-0.2, -0.15) is 0 Å². The summed E-state index contributed by atoms with van der Waals surface area (Å²) in [5.74, 6) is 0.572. The van der Waals surface area contributed by atoms with E-state index in [2.05, 4.69) is 15.9 Å². The van der Waals surface area contributed by atoms with Gasteiger partial charge in [0.25, 0.3) is 0 Å². The van der Waals surface area contributed by atoms with Crippen molar-refractivity contribution >= 4 is 15.9 Å². The third-order valence-corrected chi connectivity index (χ3v) is 4.02. The van der Waals surface area contributed by atoms with Crippen molar-refractivity contribution in [2.24, 2.45) is 5.92 Å². The molecule has 1 saturated heterocycles. The van der Waals surface area contributed by atoms with Crippen molar-refractivity contribution in [3.63, 3.8) is 0 Å². The molecule has 0 aliphatic carbocycles. The maximum absolute atomic E-state index is 10.6. The lowest BCUT2D eigenvalue weighted by Crippen LogP contribution is -2.28. The third kappa shape index (κ3) is 3.54. The lowest BCUT2D eigenvalue weighted by atomic mass is 9.83. The molecule has 0 radical (unpaired) electrons. The van der Waals surface area contributed by atoms with Gasteiger partial charge in [-0.05, 0) is 49.8 Å². The van der Waals surface area contributed by atoms with Crippen LogP contribution in [-0.4, -0.2) is 18.3 Å². The highest BCUT2D eigenvalue weighted by atomic mass is 79.9. The van der Waals surface area contributed by atoms with Crippen molar-refractivity contribution in [3.8, 4) is 0 Å². The molecule has 0 aromatic heterocycles. The second-order valence-electron chi connectivity index (χ2n) is 5.04. The van der Waals surface area contributed by atoms with Crippen LogP contribution in [0.3, 0.4) is 0 Å². The lowest BCUT2D eigenvalue weighted by molar-refractivity contribution is -0.00304. The van der Waals surface area contributed by atoms with Gasteiger partial charge in [0.2, 0.25) is 0 Å². The molecule has 94 valence electrons. The molecule has 1 aliphatic rings. The molecular weight excluding hydrogens is 280 g/mol. The molecule has 1 fully saturated rings. The Balaban J connectivity index is 2.04. The smallest absolute Gasteiger partial charge is 0.0871 e. The van der Waals surface area contributed by atoms with Crippen molar-refractivity contribution in [2.45, 2.75) is 31.8 Å². The van der Waals surface area contributed by atoms with Gasteiger partial charge in [0.15, 0.2) is 0 Å². The van der Waals surface area contributed by atoms with E-state index < -0.39 is 5.60 Å². The summed E-state index contributed by atoms with van der Waals surface area (Å²) in [5, 5.41) is 10.6. The average Bonchev–Trinajstić information content (AvgIpc) is 2.30. The molecule has 0 amide bonds. The van der Waals surface area contributed by atoms with Crippen molar-refractivity contribution in [1.82, 2.24) is 0 Å². The van der Waals surface area contributed by atoms with Gasteiger partial charge in [-0.1, -0.05) is 28.1 Å². The van der Waals surface area contributed by atoms with Crippen molar-refractivity contribution in [1.29, 1.82) is 0 Å². The summed E-state index contributed by atoms with van der Waals surface area (Å²) in [6.07, 6.45) is 2.94. The minimum absolute atomic E-state index is 0.572. The Morgan fingerprint density at radius 2 is 1.88 bits per heavy atom. The fourth-order valence-corrected chi connectivity index (χ4v) is 2.70. The predicted octanol–water partition coefficient (Wildman–Crippen LogP) is 3.47. The summed E-state index contributed by atoms with van der Waals surface area (Å²) < 4.78 is 6.39. The molecule has 2 nitrogen and oxygen atoms in total. The Hall–Kier alpha value is -0.380. The van der Waals surface area contributed by atoms with E-state index >= 15 is 0 Å². The van der Waals surface area contributed by atoms with Crippen LogP contribution >= 0.6 is 15.9 Å². The molecule has 0 bridgehead atoms. The molecule has 1 N–H and O–H groups in total. The maximum Gasteiger partial charge on any atom is 0.0871 e. The number of ether oxygens (including phenoxy) is 1. The first kappa shape index (κ1) is 13.1. The van der Waals surface area contributed by atoms with E-state index in [4.69, 9.17) is 4.74 Å². The van der Waals surface area contributed by atoms with E-state index in [0.717, 1.165) is 42.5 Å². The highest BCUT2D eigenvalue weighted by molar-refractivity contribution is 9.10. The Morgan fingerprint density at radius 1 is 1.29 bits per heavy atom. The first-order valence-corrected chi connectivity index (χ1v) is 6.93. The summed E-state index contributed by atoms with van der Waals surface area (Å²) in [6, 6.07) is 7.94. The SMILES string of the molecule is CC(O)(CC1CCOCC1)c1ccc(Br)cc1. The predicted molar refractivity (Wildman–Crippen MR) is 71.9 cm³/mol. The maximum atomic E-state index is 10.6. The Kier molecular flexibility index (Phi) is 4.23. The number of benzene rings is 1. The Morgan fingerprint density at radius 3 is 2.47 bits per heavy atom. The van der Waals surface area contributed by atoms with Crippen molar-refractivity contribution in [3.05, 3.63) is 34.3 Å². The van der Waals surface area contributed by atoms with E-state index in [1.54, 1.807) is 0 Å². The zero-order chi connectivity index (χ0) is 12.3. The quantitative estimate of drug-likeness (QED) is 0.926. The minimum Gasteiger partial charge on any atom is -0.385 e. The van der Waals surface area contributed by atoms with Crippen LogP contribution in [0.15, 0.2) is 28.7 Å². The minimum atomic E-state index is -0.733. The standard InChI is InChI=1S/C14H19BrO2/c1-14(16,10-11-6-8-17-9-7-11)12-2-4-13(15)5-3-12/h2-5,11,16H,6-10H2,1H3. The molecule has 1 aromatic rings. The monoisotopic (exact) mass is 298 g/mol. The van der Waals surface area contributed by atoms with Crippen molar-refractivity contribution < 1.29 is 9.84 Å². The number of hydrogen-bond acceptors (Lipinski definition) is 2. The third-order valence-electron chi connectivity index (χ3n) is 3.49. The van der Waals surface area contributed by atoms with Crippen LogP contribution < -0.4 is 0 Å². The topological polar surface area (TPSA) is 29.5 Å². The number of aliphatic hydroxyl groups is 1. The van der Waals surface area contributed by atoms with Crippen LogP contribution in [0, 0.1) is 5.92 Å². The van der Waals surface area contributed by atoms with Gasteiger partial charge < -0.3 is 9.84 Å². The van der Waals surface area contributed by atoms with Gasteiger partial charge in [-0.3, -0.25) is 0 Å². The Labute approximate surface area is 111 Å². The number of hydrogen-bond donors (Lipinski definition) is 1. The highest BCUT2D eigenvalue weighted by Gasteiger charge is 2.28.